The zero-order valence-corrected chi connectivity index (χ0v) is 11.1. The molecule has 5 heteroatoms. The lowest BCUT2D eigenvalue weighted by Gasteiger charge is -2.28. The van der Waals surface area contributed by atoms with Gasteiger partial charge in [-0.1, -0.05) is 11.6 Å². The average molecular weight is 256 g/mol. The number of aromatic nitrogens is 2. The van der Waals surface area contributed by atoms with E-state index in [9.17, 15) is 0 Å². The van der Waals surface area contributed by atoms with Gasteiger partial charge in [0.15, 0.2) is 0 Å². The number of aryl methyl sites for hydroxylation is 1. The van der Waals surface area contributed by atoms with Gasteiger partial charge in [0.05, 0.1) is 6.10 Å². The van der Waals surface area contributed by atoms with Crippen LogP contribution in [0.4, 0.5) is 5.82 Å². The summed E-state index contributed by atoms with van der Waals surface area (Å²) in [6, 6.07) is 1.79. The molecule has 2 heterocycles. The van der Waals surface area contributed by atoms with Gasteiger partial charge < -0.3 is 9.64 Å². The van der Waals surface area contributed by atoms with Crippen LogP contribution in [0, 0.1) is 6.92 Å². The molecule has 2 rings (SSSR count). The maximum atomic E-state index is 5.93. The van der Waals surface area contributed by atoms with E-state index in [0.717, 1.165) is 25.4 Å². The highest BCUT2D eigenvalue weighted by molar-refractivity contribution is 6.29. The summed E-state index contributed by atoms with van der Waals surface area (Å²) < 4.78 is 5.71. The van der Waals surface area contributed by atoms with Gasteiger partial charge in [-0.15, -0.1) is 0 Å². The Balaban J connectivity index is 2.00. The monoisotopic (exact) mass is 255 g/mol. The summed E-state index contributed by atoms with van der Waals surface area (Å²) in [5.74, 6) is 1.56. The van der Waals surface area contributed by atoms with Crippen molar-refractivity contribution in [1.82, 2.24) is 9.97 Å². The molecule has 1 atom stereocenters. The van der Waals surface area contributed by atoms with E-state index >= 15 is 0 Å². The van der Waals surface area contributed by atoms with Crippen LogP contribution in [0.1, 0.15) is 25.1 Å². The fourth-order valence-corrected chi connectivity index (χ4v) is 2.28. The maximum absolute atomic E-state index is 5.93. The zero-order chi connectivity index (χ0) is 12.3. The van der Waals surface area contributed by atoms with Crippen LogP contribution < -0.4 is 4.90 Å². The van der Waals surface area contributed by atoms with E-state index in [1.165, 1.54) is 12.8 Å². The first-order valence-electron chi connectivity index (χ1n) is 5.99. The second kappa shape index (κ2) is 5.65. The quantitative estimate of drug-likeness (QED) is 0.778. The van der Waals surface area contributed by atoms with Crippen LogP contribution in [-0.2, 0) is 4.74 Å². The molecule has 0 radical (unpaired) electrons. The maximum Gasteiger partial charge on any atom is 0.134 e. The molecule has 1 aliphatic rings. The largest absolute Gasteiger partial charge is 0.376 e. The number of rotatable bonds is 3. The summed E-state index contributed by atoms with van der Waals surface area (Å²) in [6.07, 6.45) is 3.87. The minimum absolute atomic E-state index is 0.308. The van der Waals surface area contributed by atoms with E-state index in [2.05, 4.69) is 14.9 Å². The van der Waals surface area contributed by atoms with E-state index in [4.69, 9.17) is 16.3 Å². The minimum atomic E-state index is 0.308. The Labute approximate surface area is 107 Å². The molecule has 0 amide bonds. The Morgan fingerprint density at radius 3 is 2.94 bits per heavy atom. The lowest BCUT2D eigenvalue weighted by molar-refractivity contribution is 0.0215. The van der Waals surface area contributed by atoms with Crippen LogP contribution in [0.5, 0.6) is 0 Å². The Morgan fingerprint density at radius 1 is 1.47 bits per heavy atom. The molecule has 0 spiro atoms. The second-order valence-corrected chi connectivity index (χ2v) is 4.85. The molecule has 0 aromatic carbocycles. The molecule has 17 heavy (non-hydrogen) atoms. The average Bonchev–Trinajstić information content (AvgIpc) is 2.29. The molecule has 1 aromatic heterocycles. The molecular formula is C12H18ClN3O. The Hall–Kier alpha value is -0.870. The van der Waals surface area contributed by atoms with Gasteiger partial charge >= 0.3 is 0 Å². The second-order valence-electron chi connectivity index (χ2n) is 4.47. The number of hydrogen-bond donors (Lipinski definition) is 0. The van der Waals surface area contributed by atoms with Crippen LogP contribution in [-0.4, -0.2) is 36.3 Å². The Kier molecular flexibility index (Phi) is 4.18. The van der Waals surface area contributed by atoms with Gasteiger partial charge in [-0.2, -0.15) is 0 Å². The number of anilines is 1. The predicted octanol–water partition coefficient (Wildman–Crippen LogP) is 2.44. The number of hydrogen-bond acceptors (Lipinski definition) is 4. The first-order chi connectivity index (χ1) is 8.15. The fourth-order valence-electron chi connectivity index (χ4n) is 2.06. The van der Waals surface area contributed by atoms with Crippen molar-refractivity contribution in [3.63, 3.8) is 0 Å². The highest BCUT2D eigenvalue weighted by atomic mass is 35.5. The van der Waals surface area contributed by atoms with Crippen molar-refractivity contribution < 1.29 is 4.74 Å². The number of likely N-dealkylation sites (N-methyl/N-ethyl adjacent to an activating group) is 1. The third kappa shape index (κ3) is 3.54. The standard InChI is InChI=1S/C12H18ClN3O/c1-9-14-11(13)7-12(15-9)16(2)8-10-5-3-4-6-17-10/h7,10H,3-6,8H2,1-2H3. The molecular weight excluding hydrogens is 238 g/mol. The first kappa shape index (κ1) is 12.6. The molecule has 1 aliphatic heterocycles. The highest BCUT2D eigenvalue weighted by Gasteiger charge is 2.17. The molecule has 0 saturated carbocycles. The smallest absolute Gasteiger partial charge is 0.134 e. The SMILES string of the molecule is Cc1nc(Cl)cc(N(C)CC2CCCCO2)n1. The van der Waals surface area contributed by atoms with Crippen LogP contribution in [0.2, 0.25) is 5.15 Å². The van der Waals surface area contributed by atoms with Gasteiger partial charge in [0.2, 0.25) is 0 Å². The molecule has 94 valence electrons. The van der Waals surface area contributed by atoms with Crippen molar-refractivity contribution in [3.05, 3.63) is 17.0 Å². The first-order valence-corrected chi connectivity index (χ1v) is 6.37. The van der Waals surface area contributed by atoms with E-state index in [1.54, 1.807) is 6.07 Å². The van der Waals surface area contributed by atoms with Gasteiger partial charge in [0.1, 0.15) is 16.8 Å². The summed E-state index contributed by atoms with van der Waals surface area (Å²) in [7, 11) is 2.01. The summed E-state index contributed by atoms with van der Waals surface area (Å²) in [6.45, 7) is 3.58. The third-order valence-corrected chi connectivity index (χ3v) is 3.13. The lowest BCUT2D eigenvalue weighted by Crippen LogP contribution is -2.33. The van der Waals surface area contributed by atoms with Crippen molar-refractivity contribution in [2.24, 2.45) is 0 Å². The summed E-state index contributed by atoms with van der Waals surface area (Å²) in [5.41, 5.74) is 0. The van der Waals surface area contributed by atoms with Crippen molar-refractivity contribution in [1.29, 1.82) is 0 Å². The van der Waals surface area contributed by atoms with Gasteiger partial charge in [0.25, 0.3) is 0 Å². The van der Waals surface area contributed by atoms with Crippen LogP contribution >= 0.6 is 11.6 Å². The van der Waals surface area contributed by atoms with Crippen LogP contribution in [0.15, 0.2) is 6.07 Å². The number of halogens is 1. The topological polar surface area (TPSA) is 38.2 Å². The van der Waals surface area contributed by atoms with Crippen molar-refractivity contribution in [3.8, 4) is 0 Å². The fraction of sp³-hybridized carbons (Fsp3) is 0.667. The van der Waals surface area contributed by atoms with Crippen molar-refractivity contribution >= 4 is 17.4 Å². The van der Waals surface area contributed by atoms with E-state index < -0.39 is 0 Å². The molecule has 1 unspecified atom stereocenters. The van der Waals surface area contributed by atoms with Gasteiger partial charge in [-0.05, 0) is 26.2 Å². The van der Waals surface area contributed by atoms with Crippen LogP contribution in [0.25, 0.3) is 0 Å². The lowest BCUT2D eigenvalue weighted by atomic mass is 10.1. The van der Waals surface area contributed by atoms with E-state index in [1.807, 2.05) is 14.0 Å². The molecule has 0 N–H and O–H groups in total. The van der Waals surface area contributed by atoms with Crippen molar-refractivity contribution in [2.45, 2.75) is 32.3 Å². The summed E-state index contributed by atoms with van der Waals surface area (Å²) in [5, 5.41) is 0.490. The minimum Gasteiger partial charge on any atom is -0.376 e. The molecule has 0 aliphatic carbocycles. The van der Waals surface area contributed by atoms with Gasteiger partial charge in [0, 0.05) is 26.3 Å². The predicted molar refractivity (Wildman–Crippen MR) is 68.6 cm³/mol. The van der Waals surface area contributed by atoms with Crippen molar-refractivity contribution in [2.75, 3.05) is 25.1 Å². The van der Waals surface area contributed by atoms with Gasteiger partial charge in [-0.3, -0.25) is 0 Å². The molecule has 4 nitrogen and oxygen atoms in total. The Morgan fingerprint density at radius 2 is 2.29 bits per heavy atom. The summed E-state index contributed by atoms with van der Waals surface area (Å²) >= 11 is 5.93. The third-order valence-electron chi connectivity index (χ3n) is 2.94. The number of nitrogens with zero attached hydrogens (tertiary/aromatic N) is 3. The Bertz CT molecular complexity index is 360. The molecule has 1 fully saturated rings. The zero-order valence-electron chi connectivity index (χ0n) is 10.3. The van der Waals surface area contributed by atoms with Gasteiger partial charge in [-0.25, -0.2) is 9.97 Å². The number of ether oxygens (including phenoxy) is 1. The normalized spacial score (nSPS) is 20.3. The van der Waals surface area contributed by atoms with E-state index in [-0.39, 0.29) is 0 Å². The summed E-state index contributed by atoms with van der Waals surface area (Å²) in [4.78, 5) is 10.5. The van der Waals surface area contributed by atoms with E-state index in [0.29, 0.717) is 17.1 Å². The highest BCUT2D eigenvalue weighted by Crippen LogP contribution is 2.18. The molecule has 0 bridgehead atoms. The van der Waals surface area contributed by atoms with Crippen LogP contribution in [0.3, 0.4) is 0 Å². The molecule has 1 aromatic rings. The molecule has 1 saturated heterocycles.